The second kappa shape index (κ2) is 6.00. The molecule has 0 radical (unpaired) electrons. The highest BCUT2D eigenvalue weighted by Crippen LogP contribution is 2.18. The molecular weight excluding hydrogens is 260 g/mol. The van der Waals surface area contributed by atoms with E-state index < -0.39 is 11.5 Å². The number of amides is 1. The van der Waals surface area contributed by atoms with Gasteiger partial charge in [-0.3, -0.25) is 14.4 Å². The van der Waals surface area contributed by atoms with E-state index in [2.05, 4.69) is 10.3 Å². The van der Waals surface area contributed by atoms with E-state index in [0.29, 0.717) is 30.7 Å². The molecule has 0 spiro atoms. The molecule has 6 nitrogen and oxygen atoms in total. The van der Waals surface area contributed by atoms with Crippen LogP contribution in [0.5, 0.6) is 0 Å². The fourth-order valence-corrected chi connectivity index (χ4v) is 2.34. The van der Waals surface area contributed by atoms with Crippen molar-refractivity contribution in [1.29, 1.82) is 0 Å². The van der Waals surface area contributed by atoms with Crippen molar-refractivity contribution in [3.63, 3.8) is 0 Å². The van der Waals surface area contributed by atoms with Gasteiger partial charge in [-0.1, -0.05) is 0 Å². The number of fused-ring (bicyclic) bond motifs is 1. The van der Waals surface area contributed by atoms with Crippen LogP contribution in [0.15, 0.2) is 10.9 Å². The summed E-state index contributed by atoms with van der Waals surface area (Å²) in [7, 11) is 1.53. The van der Waals surface area contributed by atoms with Crippen LogP contribution in [0.3, 0.4) is 0 Å². The number of carbonyl (C=O) groups excluding carboxylic acids is 2. The van der Waals surface area contributed by atoms with Crippen LogP contribution in [0, 0.1) is 0 Å². The van der Waals surface area contributed by atoms with Gasteiger partial charge in [0.2, 0.25) is 0 Å². The first kappa shape index (κ1) is 14.5. The minimum Gasteiger partial charge on any atom is -0.383 e. The van der Waals surface area contributed by atoms with E-state index in [1.165, 1.54) is 13.2 Å². The number of Topliss-reactive ketones (excluding diaryl/α,β-unsaturated/α-hetero) is 1. The molecule has 0 aromatic carbocycles. The Morgan fingerprint density at radius 1 is 1.45 bits per heavy atom. The Bertz CT molecular complexity index is 591. The summed E-state index contributed by atoms with van der Waals surface area (Å²) >= 11 is 0. The van der Waals surface area contributed by atoms with Crippen LogP contribution in [0.2, 0.25) is 0 Å². The summed E-state index contributed by atoms with van der Waals surface area (Å²) in [6.07, 6.45) is 1.86. The zero-order valence-electron chi connectivity index (χ0n) is 11.6. The summed E-state index contributed by atoms with van der Waals surface area (Å²) in [4.78, 5) is 38.4. The van der Waals surface area contributed by atoms with Crippen LogP contribution in [-0.2, 0) is 11.2 Å². The number of ketones is 1. The molecule has 1 aliphatic rings. The van der Waals surface area contributed by atoms with Crippen molar-refractivity contribution in [2.24, 2.45) is 0 Å². The lowest BCUT2D eigenvalue weighted by molar-refractivity contribution is 0.0904. The minimum atomic E-state index is -0.489. The zero-order chi connectivity index (χ0) is 14.7. The van der Waals surface area contributed by atoms with Crippen LogP contribution < -0.4 is 10.9 Å². The first-order valence-corrected chi connectivity index (χ1v) is 6.62. The molecular formula is C14H18N2O4. The van der Waals surface area contributed by atoms with Crippen molar-refractivity contribution in [3.05, 3.63) is 33.2 Å². The lowest BCUT2D eigenvalue weighted by Gasteiger charge is -2.16. The van der Waals surface area contributed by atoms with Gasteiger partial charge in [0, 0.05) is 30.8 Å². The maximum atomic E-state index is 12.0. The van der Waals surface area contributed by atoms with Crippen molar-refractivity contribution < 1.29 is 14.3 Å². The Kier molecular flexibility index (Phi) is 4.34. The van der Waals surface area contributed by atoms with Crippen molar-refractivity contribution >= 4 is 11.7 Å². The number of aromatic nitrogens is 1. The Hall–Kier alpha value is -1.95. The first-order valence-electron chi connectivity index (χ1n) is 6.62. The third-order valence-electron chi connectivity index (χ3n) is 3.29. The summed E-state index contributed by atoms with van der Waals surface area (Å²) in [5.74, 6) is -0.515. The third kappa shape index (κ3) is 2.96. The van der Waals surface area contributed by atoms with Crippen molar-refractivity contribution in [2.45, 2.75) is 32.2 Å². The molecule has 1 aromatic heterocycles. The summed E-state index contributed by atoms with van der Waals surface area (Å²) in [5.41, 5.74) is 0.607. The Morgan fingerprint density at radius 2 is 2.20 bits per heavy atom. The Labute approximate surface area is 116 Å². The highest BCUT2D eigenvalue weighted by Gasteiger charge is 2.22. The molecule has 1 atom stereocenters. The summed E-state index contributed by atoms with van der Waals surface area (Å²) in [5, 5.41) is 2.66. The molecule has 1 heterocycles. The van der Waals surface area contributed by atoms with Gasteiger partial charge >= 0.3 is 0 Å². The average molecular weight is 278 g/mol. The van der Waals surface area contributed by atoms with Gasteiger partial charge in [-0.15, -0.1) is 0 Å². The van der Waals surface area contributed by atoms with Crippen molar-refractivity contribution in [2.75, 3.05) is 13.7 Å². The smallest absolute Gasteiger partial charge is 0.261 e. The monoisotopic (exact) mass is 278 g/mol. The van der Waals surface area contributed by atoms with E-state index in [4.69, 9.17) is 4.74 Å². The quantitative estimate of drug-likeness (QED) is 0.846. The maximum absolute atomic E-state index is 12.0. The normalized spacial score (nSPS) is 15.6. The van der Waals surface area contributed by atoms with Gasteiger partial charge in [0.05, 0.1) is 6.61 Å². The fourth-order valence-electron chi connectivity index (χ4n) is 2.34. The Balaban J connectivity index is 2.28. The largest absolute Gasteiger partial charge is 0.383 e. The van der Waals surface area contributed by atoms with E-state index in [1.54, 1.807) is 6.92 Å². The molecule has 0 aliphatic heterocycles. The fraction of sp³-hybridized carbons (Fsp3) is 0.500. The lowest BCUT2D eigenvalue weighted by atomic mass is 9.93. The van der Waals surface area contributed by atoms with Gasteiger partial charge in [0.1, 0.15) is 5.56 Å². The summed E-state index contributed by atoms with van der Waals surface area (Å²) in [6, 6.07) is 1.20. The number of aromatic amines is 1. The first-order chi connectivity index (χ1) is 9.52. The number of carbonyl (C=O) groups is 2. The van der Waals surface area contributed by atoms with Gasteiger partial charge in [-0.25, -0.2) is 0 Å². The molecule has 108 valence electrons. The molecule has 0 saturated carbocycles. The maximum Gasteiger partial charge on any atom is 0.261 e. The van der Waals surface area contributed by atoms with E-state index in [1.807, 2.05) is 0 Å². The second-order valence-corrected chi connectivity index (χ2v) is 5.01. The predicted molar refractivity (Wildman–Crippen MR) is 73.1 cm³/mol. The second-order valence-electron chi connectivity index (χ2n) is 5.01. The molecule has 0 bridgehead atoms. The number of hydrogen-bond acceptors (Lipinski definition) is 4. The highest BCUT2D eigenvalue weighted by molar-refractivity contribution is 6.01. The zero-order valence-corrected chi connectivity index (χ0v) is 11.6. The predicted octanol–water partition coefficient (Wildman–Crippen LogP) is 0.659. The molecule has 0 unspecified atom stereocenters. The molecule has 2 rings (SSSR count). The molecule has 1 amide bonds. The van der Waals surface area contributed by atoms with Gasteiger partial charge < -0.3 is 15.0 Å². The highest BCUT2D eigenvalue weighted by atomic mass is 16.5. The van der Waals surface area contributed by atoms with Gasteiger partial charge in [-0.05, 0) is 25.8 Å². The molecule has 2 N–H and O–H groups in total. The van der Waals surface area contributed by atoms with Gasteiger partial charge in [-0.2, -0.15) is 0 Å². The van der Waals surface area contributed by atoms with Crippen LogP contribution in [0.1, 0.15) is 46.2 Å². The standard InChI is InChI=1S/C14H18N2O4/c1-8(7-20-2)15-13(18)10-6-9-11(16-14(10)19)4-3-5-12(9)17/h6,8H,3-5,7H2,1-2H3,(H,15,18)(H,16,19)/t8-/m0/s1. The molecule has 0 fully saturated rings. The number of methoxy groups -OCH3 is 1. The molecule has 6 heteroatoms. The number of nitrogens with one attached hydrogen (secondary N) is 2. The van der Waals surface area contributed by atoms with Gasteiger partial charge in [0.15, 0.2) is 5.78 Å². The number of aryl methyl sites for hydroxylation is 1. The third-order valence-corrected chi connectivity index (χ3v) is 3.29. The number of ether oxygens (including phenoxy) is 1. The van der Waals surface area contributed by atoms with E-state index >= 15 is 0 Å². The molecule has 1 aliphatic carbocycles. The molecule has 1 aromatic rings. The SMILES string of the molecule is COC[C@H](C)NC(=O)c1cc2c([nH]c1=O)CCCC2=O. The summed E-state index contributed by atoms with van der Waals surface area (Å²) < 4.78 is 4.92. The number of H-pyrrole nitrogens is 1. The van der Waals surface area contributed by atoms with Crippen LogP contribution >= 0.6 is 0 Å². The van der Waals surface area contributed by atoms with Gasteiger partial charge in [0.25, 0.3) is 11.5 Å². The summed E-state index contributed by atoms with van der Waals surface area (Å²) in [6.45, 7) is 2.13. The van der Waals surface area contributed by atoms with Crippen molar-refractivity contribution in [1.82, 2.24) is 10.3 Å². The van der Waals surface area contributed by atoms with Crippen LogP contribution in [0.25, 0.3) is 0 Å². The number of pyridine rings is 1. The van der Waals surface area contributed by atoms with E-state index in [9.17, 15) is 14.4 Å². The topological polar surface area (TPSA) is 88.3 Å². The van der Waals surface area contributed by atoms with E-state index in [0.717, 1.165) is 6.42 Å². The average Bonchev–Trinajstić information content (AvgIpc) is 2.38. The minimum absolute atomic E-state index is 0.0260. The van der Waals surface area contributed by atoms with Crippen LogP contribution in [-0.4, -0.2) is 36.4 Å². The van der Waals surface area contributed by atoms with E-state index in [-0.39, 0.29) is 17.4 Å². The lowest BCUT2D eigenvalue weighted by Crippen LogP contribution is -2.39. The molecule has 20 heavy (non-hydrogen) atoms. The number of rotatable bonds is 4. The number of hydrogen-bond donors (Lipinski definition) is 2. The van der Waals surface area contributed by atoms with Crippen molar-refractivity contribution in [3.8, 4) is 0 Å². The molecule has 0 saturated heterocycles. The Morgan fingerprint density at radius 3 is 2.90 bits per heavy atom. The van der Waals surface area contributed by atoms with Crippen LogP contribution in [0.4, 0.5) is 0 Å².